The van der Waals surface area contributed by atoms with Crippen molar-refractivity contribution in [1.29, 1.82) is 0 Å². The molecule has 2 nitrogen and oxygen atoms in total. The molecule has 1 rings (SSSR count). The summed E-state index contributed by atoms with van der Waals surface area (Å²) in [6, 6.07) is 0.538. The standard InChI is InChI=1S/C16H33NO/c1-6-11-17-15-14(9-10-16(15,4)5)18-12-7-8-13(2)3/h13-15,17H,6-12H2,1-5H3. The minimum absolute atomic E-state index is 0.387. The van der Waals surface area contributed by atoms with Crippen molar-refractivity contribution in [2.45, 2.75) is 78.9 Å². The van der Waals surface area contributed by atoms with E-state index in [0.29, 0.717) is 17.6 Å². The van der Waals surface area contributed by atoms with E-state index in [1.807, 2.05) is 0 Å². The number of hydrogen-bond donors (Lipinski definition) is 1. The van der Waals surface area contributed by atoms with E-state index in [4.69, 9.17) is 4.74 Å². The molecule has 108 valence electrons. The molecular formula is C16H33NO. The number of nitrogens with one attached hydrogen (secondary N) is 1. The number of rotatable bonds is 8. The number of hydrogen-bond acceptors (Lipinski definition) is 2. The monoisotopic (exact) mass is 255 g/mol. The molecule has 0 spiro atoms. The summed E-state index contributed by atoms with van der Waals surface area (Å²) >= 11 is 0. The van der Waals surface area contributed by atoms with Crippen molar-refractivity contribution in [2.75, 3.05) is 13.2 Å². The molecule has 1 aliphatic carbocycles. The summed E-state index contributed by atoms with van der Waals surface area (Å²) in [5.74, 6) is 0.794. The van der Waals surface area contributed by atoms with Crippen LogP contribution < -0.4 is 5.32 Å². The quantitative estimate of drug-likeness (QED) is 0.662. The fraction of sp³-hybridized carbons (Fsp3) is 1.00. The molecule has 0 aliphatic heterocycles. The van der Waals surface area contributed by atoms with E-state index in [1.165, 1.54) is 32.1 Å². The predicted molar refractivity (Wildman–Crippen MR) is 78.9 cm³/mol. The lowest BCUT2D eigenvalue weighted by molar-refractivity contribution is 0.0238. The summed E-state index contributed by atoms with van der Waals surface area (Å²) in [5.41, 5.74) is 0.387. The Kier molecular flexibility index (Phi) is 6.65. The van der Waals surface area contributed by atoms with Crippen LogP contribution in [0.15, 0.2) is 0 Å². The smallest absolute Gasteiger partial charge is 0.0733 e. The lowest BCUT2D eigenvalue weighted by Gasteiger charge is -2.31. The molecule has 1 aliphatic rings. The molecule has 0 saturated heterocycles. The van der Waals surface area contributed by atoms with Crippen LogP contribution >= 0.6 is 0 Å². The molecule has 1 fully saturated rings. The van der Waals surface area contributed by atoms with E-state index >= 15 is 0 Å². The van der Waals surface area contributed by atoms with Crippen LogP contribution in [0.3, 0.4) is 0 Å². The second-order valence-corrected chi connectivity index (χ2v) is 6.90. The molecule has 2 atom stereocenters. The van der Waals surface area contributed by atoms with Crippen molar-refractivity contribution in [2.24, 2.45) is 11.3 Å². The zero-order chi connectivity index (χ0) is 13.6. The molecule has 0 aromatic carbocycles. The van der Waals surface area contributed by atoms with Gasteiger partial charge >= 0.3 is 0 Å². The van der Waals surface area contributed by atoms with Crippen molar-refractivity contribution >= 4 is 0 Å². The molecule has 2 heteroatoms. The summed E-state index contributed by atoms with van der Waals surface area (Å²) in [5, 5.41) is 3.70. The molecular weight excluding hydrogens is 222 g/mol. The third-order valence-corrected chi connectivity index (χ3v) is 4.16. The zero-order valence-corrected chi connectivity index (χ0v) is 13.1. The average molecular weight is 255 g/mol. The van der Waals surface area contributed by atoms with Crippen molar-refractivity contribution in [3.63, 3.8) is 0 Å². The van der Waals surface area contributed by atoms with Crippen LogP contribution in [-0.4, -0.2) is 25.3 Å². The maximum Gasteiger partial charge on any atom is 0.0733 e. The maximum atomic E-state index is 6.14. The Labute approximate surface area is 114 Å². The van der Waals surface area contributed by atoms with Crippen LogP contribution in [0.1, 0.15) is 66.7 Å². The normalized spacial score (nSPS) is 27.0. The Hall–Kier alpha value is -0.0800. The second kappa shape index (κ2) is 7.49. The van der Waals surface area contributed by atoms with Gasteiger partial charge in [0, 0.05) is 12.6 Å². The zero-order valence-electron chi connectivity index (χ0n) is 13.1. The lowest BCUT2D eigenvalue weighted by atomic mass is 9.87. The molecule has 1 saturated carbocycles. The fourth-order valence-electron chi connectivity index (χ4n) is 2.95. The van der Waals surface area contributed by atoms with Gasteiger partial charge in [0.1, 0.15) is 0 Å². The molecule has 18 heavy (non-hydrogen) atoms. The summed E-state index contributed by atoms with van der Waals surface area (Å²) in [7, 11) is 0. The van der Waals surface area contributed by atoms with Gasteiger partial charge in [0.05, 0.1) is 6.10 Å². The first-order chi connectivity index (χ1) is 8.47. The summed E-state index contributed by atoms with van der Waals surface area (Å²) < 4.78 is 6.14. The van der Waals surface area contributed by atoms with Crippen molar-refractivity contribution in [3.8, 4) is 0 Å². The molecule has 0 aromatic heterocycles. The highest BCUT2D eigenvalue weighted by atomic mass is 16.5. The van der Waals surface area contributed by atoms with Gasteiger partial charge in [-0.25, -0.2) is 0 Å². The van der Waals surface area contributed by atoms with E-state index < -0.39 is 0 Å². The highest BCUT2D eigenvalue weighted by molar-refractivity contribution is 4.97. The summed E-state index contributed by atoms with van der Waals surface area (Å²) in [6.45, 7) is 13.6. The van der Waals surface area contributed by atoms with Crippen molar-refractivity contribution in [1.82, 2.24) is 5.32 Å². The second-order valence-electron chi connectivity index (χ2n) is 6.90. The first-order valence-corrected chi connectivity index (χ1v) is 7.82. The van der Waals surface area contributed by atoms with Gasteiger partial charge in [0.15, 0.2) is 0 Å². The van der Waals surface area contributed by atoms with Crippen LogP contribution in [0.2, 0.25) is 0 Å². The van der Waals surface area contributed by atoms with E-state index in [1.54, 1.807) is 0 Å². The van der Waals surface area contributed by atoms with Crippen LogP contribution in [0.5, 0.6) is 0 Å². The van der Waals surface area contributed by atoms with Crippen molar-refractivity contribution in [3.05, 3.63) is 0 Å². The Morgan fingerprint density at radius 2 is 2.06 bits per heavy atom. The van der Waals surface area contributed by atoms with E-state index in [0.717, 1.165) is 19.1 Å². The van der Waals surface area contributed by atoms with Crippen LogP contribution in [-0.2, 0) is 4.74 Å². The predicted octanol–water partition coefficient (Wildman–Crippen LogP) is 4.00. The van der Waals surface area contributed by atoms with Crippen LogP contribution in [0.25, 0.3) is 0 Å². The number of ether oxygens (including phenoxy) is 1. The summed E-state index contributed by atoms with van der Waals surface area (Å²) in [6.07, 6.45) is 6.61. The maximum absolute atomic E-state index is 6.14. The van der Waals surface area contributed by atoms with Gasteiger partial charge in [-0.1, -0.05) is 34.6 Å². The van der Waals surface area contributed by atoms with Gasteiger partial charge in [-0.3, -0.25) is 0 Å². The molecule has 0 aromatic rings. The highest BCUT2D eigenvalue weighted by Crippen LogP contribution is 2.39. The van der Waals surface area contributed by atoms with Gasteiger partial charge in [0.25, 0.3) is 0 Å². The first kappa shape index (κ1) is 16.0. The van der Waals surface area contributed by atoms with Crippen LogP contribution in [0.4, 0.5) is 0 Å². The minimum Gasteiger partial charge on any atom is -0.377 e. The third kappa shape index (κ3) is 4.89. The van der Waals surface area contributed by atoms with Crippen LogP contribution in [0, 0.1) is 11.3 Å². The fourth-order valence-corrected chi connectivity index (χ4v) is 2.95. The van der Waals surface area contributed by atoms with E-state index in [-0.39, 0.29) is 0 Å². The van der Waals surface area contributed by atoms with Gasteiger partial charge < -0.3 is 10.1 Å². The minimum atomic E-state index is 0.387. The van der Waals surface area contributed by atoms with Crippen molar-refractivity contribution < 1.29 is 4.74 Å². The topological polar surface area (TPSA) is 21.3 Å². The van der Waals surface area contributed by atoms with Gasteiger partial charge in [-0.2, -0.15) is 0 Å². The Balaban J connectivity index is 2.34. The van der Waals surface area contributed by atoms with Gasteiger partial charge in [0.2, 0.25) is 0 Å². The van der Waals surface area contributed by atoms with E-state index in [9.17, 15) is 0 Å². The van der Waals surface area contributed by atoms with Gasteiger partial charge in [-0.05, 0) is 50.0 Å². The molecule has 0 heterocycles. The van der Waals surface area contributed by atoms with Gasteiger partial charge in [-0.15, -0.1) is 0 Å². The third-order valence-electron chi connectivity index (χ3n) is 4.16. The Morgan fingerprint density at radius 1 is 1.33 bits per heavy atom. The Bertz CT molecular complexity index is 225. The molecule has 0 bridgehead atoms. The average Bonchev–Trinajstić information content (AvgIpc) is 2.57. The largest absolute Gasteiger partial charge is 0.377 e. The molecule has 2 unspecified atom stereocenters. The molecule has 0 amide bonds. The highest BCUT2D eigenvalue weighted by Gasteiger charge is 2.41. The molecule has 0 radical (unpaired) electrons. The Morgan fingerprint density at radius 3 is 2.67 bits per heavy atom. The van der Waals surface area contributed by atoms with E-state index in [2.05, 4.69) is 39.9 Å². The SMILES string of the molecule is CCCNC1C(OCCCC(C)C)CCC1(C)C. The summed E-state index contributed by atoms with van der Waals surface area (Å²) in [4.78, 5) is 0. The molecule has 1 N–H and O–H groups in total. The lowest BCUT2D eigenvalue weighted by Crippen LogP contribution is -2.45. The first-order valence-electron chi connectivity index (χ1n) is 7.82.